The third kappa shape index (κ3) is 2.30. The van der Waals surface area contributed by atoms with Crippen LogP contribution in [0.15, 0.2) is 66.7 Å². The van der Waals surface area contributed by atoms with Gasteiger partial charge in [0.05, 0.1) is 11.8 Å². The Morgan fingerprint density at radius 3 is 2.52 bits per heavy atom. The summed E-state index contributed by atoms with van der Waals surface area (Å²) in [5.74, 6) is -0.0184. The van der Waals surface area contributed by atoms with Crippen LogP contribution in [0.3, 0.4) is 0 Å². The molecule has 1 N–H and O–H groups in total. The van der Waals surface area contributed by atoms with Crippen molar-refractivity contribution in [1.29, 1.82) is 0 Å². The smallest absolute Gasteiger partial charge is 0.258 e. The van der Waals surface area contributed by atoms with Gasteiger partial charge in [0.2, 0.25) is 0 Å². The van der Waals surface area contributed by atoms with Crippen LogP contribution >= 0.6 is 0 Å². The summed E-state index contributed by atoms with van der Waals surface area (Å²) in [6.45, 7) is 0.524. The van der Waals surface area contributed by atoms with E-state index in [-0.39, 0.29) is 5.91 Å². The van der Waals surface area contributed by atoms with Crippen molar-refractivity contribution in [2.24, 2.45) is 0 Å². The van der Waals surface area contributed by atoms with Crippen LogP contribution in [0.5, 0.6) is 0 Å². The van der Waals surface area contributed by atoms with Crippen molar-refractivity contribution in [3.63, 3.8) is 0 Å². The Balaban J connectivity index is 1.91. The van der Waals surface area contributed by atoms with E-state index in [4.69, 9.17) is 0 Å². The molecule has 0 aromatic heterocycles. The maximum atomic E-state index is 13.0. The second-order valence-electron chi connectivity index (χ2n) is 5.85. The normalized spacial score (nSPS) is 17.1. The second kappa shape index (κ2) is 5.52. The summed E-state index contributed by atoms with van der Waals surface area (Å²) in [7, 11) is 0. The first-order valence-corrected chi connectivity index (χ1v) is 7.82. The van der Waals surface area contributed by atoms with E-state index in [2.05, 4.69) is 0 Å². The Labute approximate surface area is 134 Å². The van der Waals surface area contributed by atoms with Crippen molar-refractivity contribution in [2.45, 2.75) is 12.5 Å². The number of anilines is 1. The van der Waals surface area contributed by atoms with Crippen LogP contribution in [-0.4, -0.2) is 17.6 Å². The number of carbonyl (C=O) groups is 1. The number of hydrogen-bond acceptors (Lipinski definition) is 2. The lowest BCUT2D eigenvalue weighted by molar-refractivity contribution is 0.0971. The van der Waals surface area contributed by atoms with Gasteiger partial charge in [-0.1, -0.05) is 54.6 Å². The fraction of sp³-hybridized carbons (Fsp3) is 0.150. The van der Waals surface area contributed by atoms with Crippen LogP contribution in [0.25, 0.3) is 10.8 Å². The molecule has 0 saturated carbocycles. The van der Waals surface area contributed by atoms with E-state index in [1.165, 1.54) is 0 Å². The number of amides is 1. The first-order valence-electron chi connectivity index (χ1n) is 7.82. The number of carbonyl (C=O) groups excluding carboxylic acids is 1. The molecule has 114 valence electrons. The molecular formula is C20H17NO2. The lowest BCUT2D eigenvalue weighted by atomic mass is 9.93. The molecular weight excluding hydrogens is 286 g/mol. The second-order valence-corrected chi connectivity index (χ2v) is 5.85. The summed E-state index contributed by atoms with van der Waals surface area (Å²) in [4.78, 5) is 14.8. The fourth-order valence-electron chi connectivity index (χ4n) is 3.30. The minimum atomic E-state index is -0.519. The number of aliphatic hydroxyl groups is 1. The van der Waals surface area contributed by atoms with Crippen LogP contribution in [0.2, 0.25) is 0 Å². The van der Waals surface area contributed by atoms with Gasteiger partial charge in [0, 0.05) is 23.1 Å². The van der Waals surface area contributed by atoms with E-state index in [0.29, 0.717) is 18.5 Å². The van der Waals surface area contributed by atoms with E-state index in [0.717, 1.165) is 22.0 Å². The maximum Gasteiger partial charge on any atom is 0.258 e. The summed E-state index contributed by atoms with van der Waals surface area (Å²) in [5.41, 5.74) is 2.35. The van der Waals surface area contributed by atoms with Gasteiger partial charge in [0.1, 0.15) is 0 Å². The predicted octanol–water partition coefficient (Wildman–Crippen LogP) is 3.92. The molecule has 1 unspecified atom stereocenters. The molecule has 0 saturated heterocycles. The minimum absolute atomic E-state index is 0.0184. The standard InChI is InChI=1S/C20H17NO2/c22-18-12-13-21(20(23)15-7-2-1-3-8-15)19-16-9-5-4-6-14(16)10-11-17(18)19/h1-11,18,22H,12-13H2. The number of rotatable bonds is 1. The molecule has 23 heavy (non-hydrogen) atoms. The summed E-state index contributed by atoms with van der Waals surface area (Å²) in [6.07, 6.45) is 0.0404. The molecule has 1 atom stereocenters. The van der Waals surface area contributed by atoms with Gasteiger partial charge in [-0.3, -0.25) is 4.79 Å². The monoisotopic (exact) mass is 303 g/mol. The van der Waals surface area contributed by atoms with Crippen LogP contribution in [0.4, 0.5) is 5.69 Å². The molecule has 0 fully saturated rings. The fourth-order valence-corrected chi connectivity index (χ4v) is 3.30. The minimum Gasteiger partial charge on any atom is -0.388 e. The molecule has 1 aliphatic rings. The van der Waals surface area contributed by atoms with Crippen molar-refractivity contribution in [1.82, 2.24) is 0 Å². The summed E-state index contributed by atoms with van der Waals surface area (Å²) >= 11 is 0. The number of hydrogen-bond donors (Lipinski definition) is 1. The predicted molar refractivity (Wildman–Crippen MR) is 91.6 cm³/mol. The number of nitrogens with zero attached hydrogens (tertiary/aromatic N) is 1. The van der Waals surface area contributed by atoms with E-state index >= 15 is 0 Å². The highest BCUT2D eigenvalue weighted by Gasteiger charge is 2.29. The first kappa shape index (κ1) is 14.0. The van der Waals surface area contributed by atoms with Crippen LogP contribution in [-0.2, 0) is 0 Å². The van der Waals surface area contributed by atoms with Crippen molar-refractivity contribution in [3.05, 3.63) is 77.9 Å². The van der Waals surface area contributed by atoms with Gasteiger partial charge >= 0.3 is 0 Å². The third-order valence-electron chi connectivity index (χ3n) is 4.45. The molecule has 1 aliphatic heterocycles. The van der Waals surface area contributed by atoms with Gasteiger partial charge in [-0.05, 0) is 23.9 Å². The molecule has 3 heteroatoms. The quantitative estimate of drug-likeness (QED) is 0.740. The number of fused-ring (bicyclic) bond motifs is 3. The molecule has 0 spiro atoms. The van der Waals surface area contributed by atoms with Crippen LogP contribution in [0, 0.1) is 0 Å². The van der Waals surface area contributed by atoms with E-state index in [9.17, 15) is 9.90 Å². The molecule has 3 aromatic carbocycles. The maximum absolute atomic E-state index is 13.0. The zero-order valence-electron chi connectivity index (χ0n) is 12.6. The van der Waals surface area contributed by atoms with Crippen molar-refractivity contribution < 1.29 is 9.90 Å². The highest BCUT2D eigenvalue weighted by atomic mass is 16.3. The topological polar surface area (TPSA) is 40.5 Å². The largest absolute Gasteiger partial charge is 0.388 e. The summed E-state index contributed by atoms with van der Waals surface area (Å²) in [5, 5.41) is 12.4. The SMILES string of the molecule is O=C(c1ccccc1)N1CCC(O)c2ccc3ccccc3c21. The van der Waals surface area contributed by atoms with Crippen LogP contribution in [0.1, 0.15) is 28.4 Å². The Morgan fingerprint density at radius 1 is 0.957 bits per heavy atom. The molecule has 1 amide bonds. The molecule has 4 rings (SSSR count). The molecule has 3 aromatic rings. The van der Waals surface area contributed by atoms with Crippen molar-refractivity contribution in [2.75, 3.05) is 11.4 Å². The zero-order chi connectivity index (χ0) is 15.8. The van der Waals surface area contributed by atoms with Gasteiger partial charge in [-0.25, -0.2) is 0 Å². The van der Waals surface area contributed by atoms with Gasteiger partial charge in [-0.2, -0.15) is 0 Å². The molecule has 0 bridgehead atoms. The van der Waals surface area contributed by atoms with Gasteiger partial charge < -0.3 is 10.0 Å². The Hall–Kier alpha value is -2.65. The van der Waals surface area contributed by atoms with Crippen molar-refractivity contribution >= 4 is 22.4 Å². The lowest BCUT2D eigenvalue weighted by Crippen LogP contribution is -2.36. The zero-order valence-corrected chi connectivity index (χ0v) is 12.6. The highest BCUT2D eigenvalue weighted by Crippen LogP contribution is 2.39. The molecule has 3 nitrogen and oxygen atoms in total. The van der Waals surface area contributed by atoms with Gasteiger partial charge in [-0.15, -0.1) is 0 Å². The molecule has 0 radical (unpaired) electrons. The number of aliphatic hydroxyl groups excluding tert-OH is 1. The van der Waals surface area contributed by atoms with Gasteiger partial charge in [0.25, 0.3) is 5.91 Å². The first-order chi connectivity index (χ1) is 11.3. The molecule has 1 heterocycles. The Morgan fingerprint density at radius 2 is 1.70 bits per heavy atom. The molecule has 0 aliphatic carbocycles. The number of benzene rings is 3. The van der Waals surface area contributed by atoms with Crippen molar-refractivity contribution in [3.8, 4) is 0 Å². The van der Waals surface area contributed by atoms with Crippen LogP contribution < -0.4 is 4.90 Å². The summed E-state index contributed by atoms with van der Waals surface area (Å²) in [6, 6.07) is 21.2. The summed E-state index contributed by atoms with van der Waals surface area (Å²) < 4.78 is 0. The van der Waals surface area contributed by atoms with E-state index < -0.39 is 6.10 Å². The van der Waals surface area contributed by atoms with E-state index in [1.54, 1.807) is 4.90 Å². The van der Waals surface area contributed by atoms with Gasteiger partial charge in [0.15, 0.2) is 0 Å². The lowest BCUT2D eigenvalue weighted by Gasteiger charge is -2.33. The Bertz CT molecular complexity index is 873. The average molecular weight is 303 g/mol. The highest BCUT2D eigenvalue weighted by molar-refractivity contribution is 6.12. The average Bonchev–Trinajstić information content (AvgIpc) is 2.62. The van der Waals surface area contributed by atoms with E-state index in [1.807, 2.05) is 66.7 Å². The third-order valence-corrected chi connectivity index (χ3v) is 4.45. The Kier molecular flexibility index (Phi) is 3.36.